The van der Waals surface area contributed by atoms with Crippen molar-refractivity contribution in [3.8, 4) is 51.4 Å². The van der Waals surface area contributed by atoms with Crippen LogP contribution in [0.25, 0.3) is 99.5 Å². The SMILES string of the molecule is N#Cc1cccc(-c2nc(-c3cccc(-c4ccc5c6ccccc6c6ccccc6c5c4)c3)nc(-c3cccc4oc5ccccc5c34)n2)c1. The lowest BCUT2D eigenvalue weighted by Gasteiger charge is -2.13. The molecule has 2 heterocycles. The fourth-order valence-electron chi connectivity index (χ4n) is 7.37. The molecular weight excluding hydrogens is 625 g/mol. The van der Waals surface area contributed by atoms with Crippen molar-refractivity contribution in [1.82, 2.24) is 15.0 Å². The predicted octanol–water partition coefficient (Wildman–Crippen LogP) is 11.8. The van der Waals surface area contributed by atoms with Gasteiger partial charge in [0.2, 0.25) is 0 Å². The molecule has 10 rings (SSSR count). The third-order valence-corrected chi connectivity index (χ3v) is 9.73. The van der Waals surface area contributed by atoms with Crippen LogP contribution in [0.3, 0.4) is 0 Å². The fourth-order valence-corrected chi connectivity index (χ4v) is 7.37. The molecule has 0 saturated carbocycles. The maximum Gasteiger partial charge on any atom is 0.164 e. The van der Waals surface area contributed by atoms with E-state index in [1.165, 1.54) is 32.3 Å². The Labute approximate surface area is 292 Å². The van der Waals surface area contributed by atoms with Gasteiger partial charge in [-0.25, -0.2) is 15.0 Å². The number of para-hydroxylation sites is 1. The first kappa shape index (κ1) is 28.8. The Balaban J connectivity index is 1.17. The van der Waals surface area contributed by atoms with Gasteiger partial charge in [0.15, 0.2) is 17.5 Å². The Morgan fingerprint density at radius 2 is 0.922 bits per heavy atom. The fraction of sp³-hybridized carbons (Fsp3) is 0. The molecule has 10 aromatic rings. The number of fused-ring (bicyclic) bond motifs is 9. The molecule has 0 amide bonds. The summed E-state index contributed by atoms with van der Waals surface area (Å²) in [6.45, 7) is 0. The zero-order chi connectivity index (χ0) is 33.9. The van der Waals surface area contributed by atoms with Crippen LogP contribution >= 0.6 is 0 Å². The average molecular weight is 651 g/mol. The highest BCUT2D eigenvalue weighted by molar-refractivity contribution is 6.25. The van der Waals surface area contributed by atoms with Crippen LogP contribution in [0.2, 0.25) is 0 Å². The molecule has 0 aliphatic rings. The topological polar surface area (TPSA) is 75.6 Å². The molecule has 5 nitrogen and oxygen atoms in total. The van der Waals surface area contributed by atoms with Crippen molar-refractivity contribution in [3.05, 3.63) is 163 Å². The average Bonchev–Trinajstić information content (AvgIpc) is 3.60. The molecule has 51 heavy (non-hydrogen) atoms. The van der Waals surface area contributed by atoms with Crippen molar-refractivity contribution in [3.63, 3.8) is 0 Å². The quantitative estimate of drug-likeness (QED) is 0.177. The Hall–Kier alpha value is -7.16. The molecule has 0 aliphatic heterocycles. The lowest BCUT2D eigenvalue weighted by Crippen LogP contribution is -2.00. The van der Waals surface area contributed by atoms with Gasteiger partial charge < -0.3 is 4.42 Å². The van der Waals surface area contributed by atoms with Gasteiger partial charge in [0, 0.05) is 27.5 Å². The second-order valence-corrected chi connectivity index (χ2v) is 12.7. The van der Waals surface area contributed by atoms with Crippen molar-refractivity contribution in [2.75, 3.05) is 0 Å². The minimum absolute atomic E-state index is 0.492. The molecule has 0 spiro atoms. The maximum atomic E-state index is 9.67. The lowest BCUT2D eigenvalue weighted by atomic mass is 9.92. The Morgan fingerprint density at radius 3 is 1.65 bits per heavy atom. The highest BCUT2D eigenvalue weighted by Gasteiger charge is 2.18. The number of nitriles is 1. The monoisotopic (exact) mass is 650 g/mol. The molecule has 0 N–H and O–H groups in total. The van der Waals surface area contributed by atoms with Crippen molar-refractivity contribution in [2.24, 2.45) is 0 Å². The van der Waals surface area contributed by atoms with Crippen LogP contribution in [0.5, 0.6) is 0 Å². The number of hydrogen-bond acceptors (Lipinski definition) is 5. The van der Waals surface area contributed by atoms with E-state index in [-0.39, 0.29) is 0 Å². The summed E-state index contributed by atoms with van der Waals surface area (Å²) in [5.74, 6) is 1.57. The summed E-state index contributed by atoms with van der Waals surface area (Å²) in [7, 11) is 0. The maximum absolute atomic E-state index is 9.67. The predicted molar refractivity (Wildman–Crippen MR) is 206 cm³/mol. The van der Waals surface area contributed by atoms with E-state index in [2.05, 4.69) is 97.1 Å². The van der Waals surface area contributed by atoms with Crippen LogP contribution in [0, 0.1) is 11.3 Å². The van der Waals surface area contributed by atoms with Crippen molar-refractivity contribution in [1.29, 1.82) is 5.26 Å². The van der Waals surface area contributed by atoms with Crippen LogP contribution in [0.4, 0.5) is 0 Å². The number of benzene rings is 8. The first-order valence-electron chi connectivity index (χ1n) is 16.8. The number of furan rings is 1. The third-order valence-electron chi connectivity index (χ3n) is 9.73. The Kier molecular flexibility index (Phi) is 6.48. The van der Waals surface area contributed by atoms with Gasteiger partial charge >= 0.3 is 0 Å². The minimum atomic E-state index is 0.492. The molecule has 0 unspecified atom stereocenters. The van der Waals surface area contributed by atoms with E-state index < -0.39 is 0 Å². The van der Waals surface area contributed by atoms with E-state index in [1.54, 1.807) is 6.07 Å². The Morgan fingerprint density at radius 1 is 0.392 bits per heavy atom. The van der Waals surface area contributed by atoms with Gasteiger partial charge in [0.1, 0.15) is 11.2 Å². The molecular formula is C46H26N4O. The summed E-state index contributed by atoms with van der Waals surface area (Å²) in [4.78, 5) is 15.1. The smallest absolute Gasteiger partial charge is 0.164 e. The summed E-state index contributed by atoms with van der Waals surface area (Å²) in [6.07, 6.45) is 0. The Bertz CT molecular complexity index is 3030. The van der Waals surface area contributed by atoms with Gasteiger partial charge in [-0.1, -0.05) is 121 Å². The largest absolute Gasteiger partial charge is 0.456 e. The standard InChI is InChI=1S/C46H26N4O/c47-27-28-10-7-12-31(24-28)44-48-45(50-46(49-44)39-19-9-21-42-43(39)38-18-5-6-20-41(38)51-42)32-13-8-11-29(25-32)30-22-23-37-35-16-2-1-14-33(35)34-15-3-4-17-36(34)40(37)26-30/h1-26H. The van der Waals surface area contributed by atoms with Crippen LogP contribution < -0.4 is 0 Å². The van der Waals surface area contributed by atoms with E-state index in [1.807, 2.05) is 60.7 Å². The summed E-state index contributed by atoms with van der Waals surface area (Å²) >= 11 is 0. The second-order valence-electron chi connectivity index (χ2n) is 12.7. The molecule has 236 valence electrons. The zero-order valence-electron chi connectivity index (χ0n) is 27.2. The molecule has 0 fully saturated rings. The molecule has 0 saturated heterocycles. The second kappa shape index (κ2) is 11.5. The summed E-state index contributed by atoms with van der Waals surface area (Å²) in [6, 6.07) is 56.0. The van der Waals surface area contributed by atoms with Crippen LogP contribution in [-0.2, 0) is 0 Å². The van der Waals surface area contributed by atoms with Gasteiger partial charge in [-0.2, -0.15) is 5.26 Å². The van der Waals surface area contributed by atoms with Crippen LogP contribution in [0.1, 0.15) is 5.56 Å². The third kappa shape index (κ3) is 4.74. The summed E-state index contributed by atoms with van der Waals surface area (Å²) < 4.78 is 6.21. The van der Waals surface area contributed by atoms with Crippen LogP contribution in [-0.4, -0.2) is 15.0 Å². The number of hydrogen-bond donors (Lipinski definition) is 0. The minimum Gasteiger partial charge on any atom is -0.456 e. The highest BCUT2D eigenvalue weighted by Crippen LogP contribution is 2.39. The van der Waals surface area contributed by atoms with Gasteiger partial charge in [-0.05, 0) is 79.8 Å². The van der Waals surface area contributed by atoms with Gasteiger partial charge in [0.25, 0.3) is 0 Å². The number of nitrogens with zero attached hydrogens (tertiary/aromatic N) is 4. The number of rotatable bonds is 4. The highest BCUT2D eigenvalue weighted by atomic mass is 16.3. The molecule has 0 aliphatic carbocycles. The van der Waals surface area contributed by atoms with Crippen LogP contribution in [0.15, 0.2) is 162 Å². The van der Waals surface area contributed by atoms with E-state index in [0.717, 1.165) is 49.8 Å². The molecule has 0 radical (unpaired) electrons. The van der Waals surface area contributed by atoms with E-state index in [0.29, 0.717) is 23.0 Å². The molecule has 5 heteroatoms. The van der Waals surface area contributed by atoms with Crippen molar-refractivity contribution in [2.45, 2.75) is 0 Å². The number of aromatic nitrogens is 3. The normalized spacial score (nSPS) is 11.5. The van der Waals surface area contributed by atoms with Gasteiger partial charge in [0.05, 0.1) is 11.6 Å². The molecule has 0 atom stereocenters. The first-order valence-corrected chi connectivity index (χ1v) is 16.8. The summed E-state index contributed by atoms with van der Waals surface area (Å²) in [5.41, 5.74) is 6.73. The lowest BCUT2D eigenvalue weighted by molar-refractivity contribution is 0.669. The molecule has 2 aromatic heterocycles. The van der Waals surface area contributed by atoms with Gasteiger partial charge in [-0.3, -0.25) is 0 Å². The molecule has 0 bridgehead atoms. The first-order chi connectivity index (χ1) is 25.2. The summed E-state index contributed by atoms with van der Waals surface area (Å²) in [5, 5.41) is 19.1. The van der Waals surface area contributed by atoms with E-state index >= 15 is 0 Å². The van der Waals surface area contributed by atoms with Gasteiger partial charge in [-0.15, -0.1) is 0 Å². The van der Waals surface area contributed by atoms with Crippen molar-refractivity contribution < 1.29 is 4.42 Å². The van der Waals surface area contributed by atoms with E-state index in [4.69, 9.17) is 19.4 Å². The van der Waals surface area contributed by atoms with Crippen molar-refractivity contribution >= 4 is 54.3 Å². The van der Waals surface area contributed by atoms with E-state index in [9.17, 15) is 5.26 Å². The molecule has 8 aromatic carbocycles. The zero-order valence-corrected chi connectivity index (χ0v) is 27.2.